The quantitative estimate of drug-likeness (QED) is 0.678. The molecule has 0 bridgehead atoms. The van der Waals surface area contributed by atoms with Gasteiger partial charge in [-0.3, -0.25) is 4.98 Å². The number of aromatic nitrogens is 1. The van der Waals surface area contributed by atoms with Gasteiger partial charge in [-0.15, -0.1) is 0 Å². The Morgan fingerprint density at radius 2 is 1.88 bits per heavy atom. The number of nitrogens with zero attached hydrogens (tertiary/aromatic N) is 2. The Hall–Kier alpha value is -2.44. The summed E-state index contributed by atoms with van der Waals surface area (Å²) in [4.78, 5) is 4.42. The molecule has 1 aromatic heterocycles. The van der Waals surface area contributed by atoms with Gasteiger partial charge in [0.1, 0.15) is 5.75 Å². The van der Waals surface area contributed by atoms with E-state index in [0.717, 1.165) is 46.2 Å². The molecule has 3 aromatic rings. The third-order valence-electron chi connectivity index (χ3n) is 4.74. The minimum atomic E-state index is -2.53. The van der Waals surface area contributed by atoms with Crippen LogP contribution in [0.4, 0.5) is 0 Å². The van der Waals surface area contributed by atoms with Gasteiger partial charge < -0.3 is 4.74 Å². The maximum atomic E-state index is 11.4. The number of hydrogen-bond donors (Lipinski definition) is 1. The molecule has 1 aliphatic rings. The zero-order chi connectivity index (χ0) is 18.1. The third kappa shape index (κ3) is 3.43. The van der Waals surface area contributed by atoms with Crippen molar-refractivity contribution in [3.8, 4) is 16.9 Å². The highest BCUT2D eigenvalue weighted by Gasteiger charge is 2.30. The van der Waals surface area contributed by atoms with Gasteiger partial charge in [0.25, 0.3) is 0 Å². The normalized spacial score (nSPS) is 14.3. The van der Waals surface area contributed by atoms with Crippen molar-refractivity contribution in [1.29, 1.82) is 0 Å². The van der Waals surface area contributed by atoms with Crippen molar-refractivity contribution in [2.45, 2.75) is 25.4 Å². The molecule has 1 aliphatic carbocycles. The lowest BCUT2D eigenvalue weighted by molar-refractivity contribution is 0.413. The van der Waals surface area contributed by atoms with Gasteiger partial charge in [-0.1, -0.05) is 24.3 Å². The van der Waals surface area contributed by atoms with E-state index in [-0.39, 0.29) is 6.04 Å². The zero-order valence-electron chi connectivity index (χ0n) is 14.5. The molecule has 0 radical (unpaired) electrons. The van der Waals surface area contributed by atoms with E-state index in [4.69, 9.17) is 4.74 Å². The van der Waals surface area contributed by atoms with Crippen molar-refractivity contribution in [2.24, 2.45) is 0 Å². The summed E-state index contributed by atoms with van der Waals surface area (Å²) < 4.78 is 29.7. The number of pyridine rings is 1. The predicted octanol–water partition coefficient (Wildman–Crippen LogP) is 3.40. The standard InChI is InChI=1S/C20H20N2O3S/c1-25-17-8-9-19-18(10-11-21-20(19)12-17)15-4-2-14(3-5-15)13-22(26(23)24)16-6-7-16/h2-5,8-12,16,26H,6-7,13H2,1H3. The molecular formula is C20H20N2O3S. The van der Waals surface area contributed by atoms with Crippen LogP contribution in [0.15, 0.2) is 54.7 Å². The Morgan fingerprint density at radius 3 is 2.54 bits per heavy atom. The molecule has 0 spiro atoms. The maximum absolute atomic E-state index is 11.4. The number of ether oxygens (including phenoxy) is 1. The number of rotatable bonds is 6. The van der Waals surface area contributed by atoms with Gasteiger partial charge in [0.15, 0.2) is 0 Å². The van der Waals surface area contributed by atoms with E-state index in [2.05, 4.69) is 4.98 Å². The molecule has 0 aliphatic heterocycles. The molecule has 1 heterocycles. The van der Waals surface area contributed by atoms with Crippen molar-refractivity contribution < 1.29 is 13.2 Å². The molecular weight excluding hydrogens is 348 g/mol. The number of methoxy groups -OCH3 is 1. The molecule has 6 heteroatoms. The molecule has 4 rings (SSSR count). The van der Waals surface area contributed by atoms with Gasteiger partial charge in [0.05, 0.1) is 12.6 Å². The van der Waals surface area contributed by atoms with Gasteiger partial charge in [0, 0.05) is 30.2 Å². The number of benzene rings is 2. The monoisotopic (exact) mass is 368 g/mol. The van der Waals surface area contributed by atoms with Crippen molar-refractivity contribution in [3.05, 3.63) is 60.3 Å². The lowest BCUT2D eigenvalue weighted by Crippen LogP contribution is -2.23. The first-order chi connectivity index (χ1) is 12.7. The largest absolute Gasteiger partial charge is 0.497 e. The smallest absolute Gasteiger partial charge is 0.204 e. The van der Waals surface area contributed by atoms with Crippen LogP contribution in [0.1, 0.15) is 18.4 Å². The summed E-state index contributed by atoms with van der Waals surface area (Å²) >= 11 is 0. The van der Waals surface area contributed by atoms with E-state index >= 15 is 0 Å². The van der Waals surface area contributed by atoms with Crippen molar-refractivity contribution in [3.63, 3.8) is 0 Å². The summed E-state index contributed by atoms with van der Waals surface area (Å²) in [5.41, 5.74) is 4.06. The first kappa shape index (κ1) is 17.0. The average Bonchev–Trinajstić information content (AvgIpc) is 3.50. The minimum Gasteiger partial charge on any atom is -0.497 e. The lowest BCUT2D eigenvalue weighted by Gasteiger charge is -2.14. The fourth-order valence-electron chi connectivity index (χ4n) is 3.18. The average molecular weight is 368 g/mol. The molecule has 1 saturated carbocycles. The Balaban J connectivity index is 1.63. The summed E-state index contributed by atoms with van der Waals surface area (Å²) in [6.45, 7) is 0.442. The van der Waals surface area contributed by atoms with Gasteiger partial charge in [-0.25, -0.2) is 8.42 Å². The van der Waals surface area contributed by atoms with E-state index in [1.54, 1.807) is 17.6 Å². The van der Waals surface area contributed by atoms with Crippen LogP contribution < -0.4 is 4.74 Å². The highest BCUT2D eigenvalue weighted by molar-refractivity contribution is 7.69. The first-order valence-corrected chi connectivity index (χ1v) is 9.72. The van der Waals surface area contributed by atoms with E-state index < -0.39 is 10.9 Å². The Kier molecular flexibility index (Phi) is 4.61. The lowest BCUT2D eigenvalue weighted by atomic mass is 10.00. The molecule has 5 nitrogen and oxygen atoms in total. The Morgan fingerprint density at radius 1 is 1.12 bits per heavy atom. The maximum Gasteiger partial charge on any atom is 0.204 e. The van der Waals surface area contributed by atoms with E-state index in [1.165, 1.54) is 0 Å². The summed E-state index contributed by atoms with van der Waals surface area (Å²) in [5, 5.41) is 1.06. The van der Waals surface area contributed by atoms with Crippen LogP contribution in [0.25, 0.3) is 22.0 Å². The van der Waals surface area contributed by atoms with Crippen LogP contribution in [-0.4, -0.2) is 30.9 Å². The Labute approximate surface area is 154 Å². The van der Waals surface area contributed by atoms with Crippen LogP contribution in [0.5, 0.6) is 5.75 Å². The first-order valence-electron chi connectivity index (χ1n) is 8.59. The number of fused-ring (bicyclic) bond motifs is 1. The van der Waals surface area contributed by atoms with Crippen LogP contribution >= 0.6 is 0 Å². The second-order valence-electron chi connectivity index (χ2n) is 6.51. The summed E-state index contributed by atoms with van der Waals surface area (Å²) in [6, 6.07) is 16.1. The third-order valence-corrected chi connectivity index (χ3v) is 5.63. The van der Waals surface area contributed by atoms with E-state index in [0.29, 0.717) is 6.54 Å². The van der Waals surface area contributed by atoms with Crippen molar-refractivity contribution in [2.75, 3.05) is 7.11 Å². The molecule has 0 unspecified atom stereocenters. The van der Waals surface area contributed by atoms with Gasteiger partial charge >= 0.3 is 0 Å². The van der Waals surface area contributed by atoms with Crippen LogP contribution in [0.3, 0.4) is 0 Å². The molecule has 2 aromatic carbocycles. The molecule has 0 saturated heterocycles. The molecule has 0 N–H and O–H groups in total. The molecule has 0 atom stereocenters. The van der Waals surface area contributed by atoms with Gasteiger partial charge in [-0.2, -0.15) is 4.31 Å². The second kappa shape index (κ2) is 7.05. The van der Waals surface area contributed by atoms with E-state index in [9.17, 15) is 8.42 Å². The second-order valence-corrected chi connectivity index (χ2v) is 7.49. The minimum absolute atomic E-state index is 0.190. The molecule has 0 amide bonds. The SMILES string of the molecule is COc1ccc2c(-c3ccc(CN(C4CC4)[SH](=O)=O)cc3)ccnc2c1. The van der Waals surface area contributed by atoms with Crippen LogP contribution in [0, 0.1) is 0 Å². The Bertz CT molecular complexity index is 1000. The number of hydrogen-bond acceptors (Lipinski definition) is 4. The molecule has 26 heavy (non-hydrogen) atoms. The fourth-order valence-corrected chi connectivity index (χ4v) is 3.95. The number of thiol groups is 1. The summed E-state index contributed by atoms with van der Waals surface area (Å²) in [5.74, 6) is 0.782. The topological polar surface area (TPSA) is 59.5 Å². The van der Waals surface area contributed by atoms with Crippen molar-refractivity contribution >= 4 is 21.8 Å². The summed E-state index contributed by atoms with van der Waals surface area (Å²) in [7, 11) is -0.888. The zero-order valence-corrected chi connectivity index (χ0v) is 15.4. The van der Waals surface area contributed by atoms with Crippen molar-refractivity contribution in [1.82, 2.24) is 9.29 Å². The van der Waals surface area contributed by atoms with Crippen LogP contribution in [0.2, 0.25) is 0 Å². The fraction of sp³-hybridized carbons (Fsp3) is 0.250. The van der Waals surface area contributed by atoms with E-state index in [1.807, 2.05) is 48.5 Å². The molecule has 1 fully saturated rings. The summed E-state index contributed by atoms with van der Waals surface area (Å²) in [6.07, 6.45) is 3.73. The van der Waals surface area contributed by atoms with Gasteiger partial charge in [0.2, 0.25) is 10.9 Å². The predicted molar refractivity (Wildman–Crippen MR) is 103 cm³/mol. The highest BCUT2D eigenvalue weighted by atomic mass is 32.2. The highest BCUT2D eigenvalue weighted by Crippen LogP contribution is 2.31. The molecule has 134 valence electrons. The van der Waals surface area contributed by atoms with Gasteiger partial charge in [-0.05, 0) is 47.7 Å². The van der Waals surface area contributed by atoms with Crippen LogP contribution in [-0.2, 0) is 17.4 Å².